The smallest absolute Gasteiger partial charge is 0.307 e. The Morgan fingerprint density at radius 2 is 1.75 bits per heavy atom. The van der Waals surface area contributed by atoms with Crippen LogP contribution in [0.3, 0.4) is 0 Å². The first-order chi connectivity index (χ1) is 7.56. The van der Waals surface area contributed by atoms with Crippen LogP contribution in [-0.2, 0) is 0 Å². The zero-order valence-electron chi connectivity index (χ0n) is 7.88. The second-order valence-electron chi connectivity index (χ2n) is 3.13. The number of aromatic nitrogens is 2. The standard InChI is InChI=1S/C10H6F2N2O2/c11-5-1-2-6(7(12)3-5)8-4-9(15)14-10(16)13-8/h1-4H,(H2,13,14,15,16). The van der Waals surface area contributed by atoms with E-state index in [1.54, 1.807) is 0 Å². The van der Waals surface area contributed by atoms with Crippen LogP contribution in [0.4, 0.5) is 8.78 Å². The van der Waals surface area contributed by atoms with E-state index in [4.69, 9.17) is 0 Å². The summed E-state index contributed by atoms with van der Waals surface area (Å²) in [5, 5.41) is 0. The lowest BCUT2D eigenvalue weighted by Gasteiger charge is -2.02. The Balaban J connectivity index is 2.67. The molecule has 16 heavy (non-hydrogen) atoms. The first-order valence-corrected chi connectivity index (χ1v) is 4.35. The maximum absolute atomic E-state index is 13.3. The van der Waals surface area contributed by atoms with E-state index in [9.17, 15) is 18.4 Å². The fourth-order valence-electron chi connectivity index (χ4n) is 1.32. The number of benzene rings is 1. The first-order valence-electron chi connectivity index (χ1n) is 4.35. The number of aromatic amines is 2. The zero-order chi connectivity index (χ0) is 11.7. The topological polar surface area (TPSA) is 65.7 Å². The van der Waals surface area contributed by atoms with Gasteiger partial charge in [0.25, 0.3) is 5.56 Å². The second kappa shape index (κ2) is 3.73. The van der Waals surface area contributed by atoms with E-state index in [1.165, 1.54) is 0 Å². The van der Waals surface area contributed by atoms with E-state index in [2.05, 4.69) is 4.98 Å². The Bertz CT molecular complexity index is 618. The molecule has 0 aliphatic rings. The molecule has 0 aliphatic carbocycles. The Morgan fingerprint density at radius 1 is 1.00 bits per heavy atom. The van der Waals surface area contributed by atoms with Crippen molar-refractivity contribution >= 4 is 0 Å². The van der Waals surface area contributed by atoms with Crippen molar-refractivity contribution in [1.29, 1.82) is 0 Å². The maximum atomic E-state index is 13.3. The monoisotopic (exact) mass is 224 g/mol. The Labute approximate surface area is 87.6 Å². The van der Waals surface area contributed by atoms with E-state index < -0.39 is 22.9 Å². The van der Waals surface area contributed by atoms with Crippen LogP contribution in [0.15, 0.2) is 33.9 Å². The van der Waals surface area contributed by atoms with E-state index >= 15 is 0 Å². The molecule has 0 radical (unpaired) electrons. The summed E-state index contributed by atoms with van der Waals surface area (Å²) in [6.45, 7) is 0. The van der Waals surface area contributed by atoms with Gasteiger partial charge >= 0.3 is 5.69 Å². The van der Waals surface area contributed by atoms with Gasteiger partial charge in [-0.3, -0.25) is 9.78 Å². The van der Waals surface area contributed by atoms with E-state index in [1.807, 2.05) is 4.98 Å². The Kier molecular flexibility index (Phi) is 2.40. The normalized spacial score (nSPS) is 10.4. The van der Waals surface area contributed by atoms with Crippen molar-refractivity contribution in [3.63, 3.8) is 0 Å². The second-order valence-corrected chi connectivity index (χ2v) is 3.13. The van der Waals surface area contributed by atoms with Crippen molar-refractivity contribution in [3.05, 3.63) is 56.7 Å². The van der Waals surface area contributed by atoms with Gasteiger partial charge in [-0.05, 0) is 12.1 Å². The van der Waals surface area contributed by atoms with Gasteiger partial charge in [0.1, 0.15) is 11.6 Å². The minimum atomic E-state index is -0.846. The molecule has 2 aromatic rings. The Morgan fingerprint density at radius 3 is 2.38 bits per heavy atom. The predicted octanol–water partition coefficient (Wildman–Crippen LogP) is 1.01. The van der Waals surface area contributed by atoms with Gasteiger partial charge in [-0.25, -0.2) is 13.6 Å². The van der Waals surface area contributed by atoms with Crippen LogP contribution in [0, 0.1) is 11.6 Å². The van der Waals surface area contributed by atoms with E-state index in [0.717, 1.165) is 18.2 Å². The largest absolute Gasteiger partial charge is 0.326 e. The minimum Gasteiger partial charge on any atom is -0.307 e. The lowest BCUT2D eigenvalue weighted by molar-refractivity contribution is 0.585. The summed E-state index contributed by atoms with van der Waals surface area (Å²) in [6.07, 6.45) is 0. The molecule has 82 valence electrons. The lowest BCUT2D eigenvalue weighted by atomic mass is 10.1. The van der Waals surface area contributed by atoms with Gasteiger partial charge < -0.3 is 4.98 Å². The number of rotatable bonds is 1. The maximum Gasteiger partial charge on any atom is 0.326 e. The van der Waals surface area contributed by atoms with Crippen molar-refractivity contribution in [2.75, 3.05) is 0 Å². The number of H-pyrrole nitrogens is 2. The van der Waals surface area contributed by atoms with Crippen LogP contribution in [-0.4, -0.2) is 9.97 Å². The third-order valence-electron chi connectivity index (χ3n) is 1.98. The highest BCUT2D eigenvalue weighted by Gasteiger charge is 2.07. The van der Waals surface area contributed by atoms with Crippen molar-refractivity contribution in [3.8, 4) is 11.3 Å². The molecular weight excluding hydrogens is 218 g/mol. The van der Waals surface area contributed by atoms with Gasteiger partial charge in [0.15, 0.2) is 0 Å². The zero-order valence-corrected chi connectivity index (χ0v) is 7.88. The molecule has 0 fully saturated rings. The van der Waals surface area contributed by atoms with Crippen LogP contribution in [0.25, 0.3) is 11.3 Å². The molecule has 0 bridgehead atoms. The first kappa shape index (κ1) is 10.3. The van der Waals surface area contributed by atoms with Crippen LogP contribution in [0.1, 0.15) is 0 Å². The molecule has 0 unspecified atom stereocenters. The van der Waals surface area contributed by atoms with Gasteiger partial charge in [0.2, 0.25) is 0 Å². The van der Waals surface area contributed by atoms with Crippen LogP contribution in [0.2, 0.25) is 0 Å². The third kappa shape index (κ3) is 1.90. The van der Waals surface area contributed by atoms with Gasteiger partial charge in [0.05, 0.1) is 5.69 Å². The number of nitrogens with one attached hydrogen (secondary N) is 2. The molecule has 2 rings (SSSR count). The highest BCUT2D eigenvalue weighted by Crippen LogP contribution is 2.19. The molecule has 1 aromatic heterocycles. The summed E-state index contributed by atoms with van der Waals surface area (Å²) in [5.74, 6) is -1.57. The molecule has 0 saturated carbocycles. The summed E-state index contributed by atoms with van der Waals surface area (Å²) in [7, 11) is 0. The predicted molar refractivity (Wildman–Crippen MR) is 53.0 cm³/mol. The lowest BCUT2D eigenvalue weighted by Crippen LogP contribution is -2.21. The van der Waals surface area contributed by atoms with E-state index in [0.29, 0.717) is 6.07 Å². The molecule has 0 atom stereocenters. The van der Waals surface area contributed by atoms with E-state index in [-0.39, 0.29) is 11.3 Å². The molecule has 0 amide bonds. The van der Waals surface area contributed by atoms with Crippen LogP contribution >= 0.6 is 0 Å². The quantitative estimate of drug-likeness (QED) is 0.759. The molecule has 1 heterocycles. The number of hydrogen-bond donors (Lipinski definition) is 2. The van der Waals surface area contributed by atoms with Crippen LogP contribution in [0.5, 0.6) is 0 Å². The summed E-state index contributed by atoms with van der Waals surface area (Å²) in [4.78, 5) is 26.1. The summed E-state index contributed by atoms with van der Waals surface area (Å²) in [5.41, 5.74) is -1.43. The van der Waals surface area contributed by atoms with Crippen LogP contribution < -0.4 is 11.2 Å². The Hall–Kier alpha value is -2.24. The number of halogens is 2. The van der Waals surface area contributed by atoms with Crippen molar-refractivity contribution < 1.29 is 8.78 Å². The average Bonchev–Trinajstić information content (AvgIpc) is 2.15. The molecule has 0 spiro atoms. The van der Waals surface area contributed by atoms with Gasteiger partial charge in [-0.15, -0.1) is 0 Å². The fourth-order valence-corrected chi connectivity index (χ4v) is 1.32. The fraction of sp³-hybridized carbons (Fsp3) is 0. The number of hydrogen-bond acceptors (Lipinski definition) is 2. The third-order valence-corrected chi connectivity index (χ3v) is 1.98. The van der Waals surface area contributed by atoms with Gasteiger partial charge in [-0.2, -0.15) is 0 Å². The molecule has 4 nitrogen and oxygen atoms in total. The van der Waals surface area contributed by atoms with Crippen molar-refractivity contribution in [2.45, 2.75) is 0 Å². The van der Waals surface area contributed by atoms with Gasteiger partial charge in [-0.1, -0.05) is 0 Å². The molecule has 2 N–H and O–H groups in total. The van der Waals surface area contributed by atoms with Crippen molar-refractivity contribution in [2.24, 2.45) is 0 Å². The van der Waals surface area contributed by atoms with Gasteiger partial charge in [0, 0.05) is 17.7 Å². The summed E-state index contributed by atoms with van der Waals surface area (Å²) >= 11 is 0. The minimum absolute atomic E-state index is 0.00579. The highest BCUT2D eigenvalue weighted by molar-refractivity contribution is 5.58. The summed E-state index contributed by atoms with van der Waals surface area (Å²) < 4.78 is 26.0. The highest BCUT2D eigenvalue weighted by atomic mass is 19.1. The molecular formula is C10H6F2N2O2. The molecule has 0 saturated heterocycles. The summed E-state index contributed by atoms with van der Waals surface area (Å²) in [6, 6.07) is 3.89. The molecule has 0 aliphatic heterocycles. The molecule has 1 aromatic carbocycles. The SMILES string of the molecule is O=c1cc(-c2ccc(F)cc2F)[nH]c(=O)[nH]1. The average molecular weight is 224 g/mol. The molecule has 6 heteroatoms. The van der Waals surface area contributed by atoms with Crippen molar-refractivity contribution in [1.82, 2.24) is 9.97 Å².